The number of hydrogen-bond acceptors (Lipinski definition) is 6. The molecule has 1 aliphatic heterocycles. The minimum atomic E-state index is -0.877. The van der Waals surface area contributed by atoms with Crippen LogP contribution < -0.4 is 4.90 Å². The number of nitrogens with zero attached hydrogens (tertiary/aromatic N) is 2. The van der Waals surface area contributed by atoms with Crippen molar-refractivity contribution in [3.05, 3.63) is 11.8 Å². The van der Waals surface area contributed by atoms with Crippen LogP contribution in [-0.2, 0) is 4.74 Å². The van der Waals surface area contributed by atoms with Crippen molar-refractivity contribution in [2.24, 2.45) is 11.3 Å². The fourth-order valence-corrected chi connectivity index (χ4v) is 4.11. The normalized spacial score (nSPS) is 23.5. The van der Waals surface area contributed by atoms with Crippen molar-refractivity contribution in [2.75, 3.05) is 24.6 Å². The van der Waals surface area contributed by atoms with Crippen molar-refractivity contribution in [3.8, 4) is 0 Å². The molecule has 0 bridgehead atoms. The highest BCUT2D eigenvalue weighted by Gasteiger charge is 2.46. The molecule has 6 heteroatoms. The highest BCUT2D eigenvalue weighted by Crippen LogP contribution is 2.45. The van der Waals surface area contributed by atoms with Gasteiger partial charge in [-0.1, -0.05) is 19.0 Å². The smallest absolute Gasteiger partial charge is 0.172 e. The quantitative estimate of drug-likeness (QED) is 0.776. The summed E-state index contributed by atoms with van der Waals surface area (Å²) in [5.74, 6) is 1.50. The first-order valence-corrected chi connectivity index (χ1v) is 9.13. The van der Waals surface area contributed by atoms with Crippen LogP contribution in [0.15, 0.2) is 10.6 Å². The SMILES string of the molecule is CCOC(O)C(c1cc(N2CC3(CCC(O)CC3)C2)no1)C(C)C. The van der Waals surface area contributed by atoms with Crippen LogP contribution in [-0.4, -0.2) is 47.5 Å². The molecular formula is C18H30N2O4. The maximum absolute atomic E-state index is 10.2. The molecule has 2 fully saturated rings. The van der Waals surface area contributed by atoms with E-state index >= 15 is 0 Å². The Balaban J connectivity index is 1.63. The Labute approximate surface area is 143 Å². The minimum absolute atomic E-state index is 0.116. The summed E-state index contributed by atoms with van der Waals surface area (Å²) in [6.07, 6.45) is 3.01. The summed E-state index contributed by atoms with van der Waals surface area (Å²) in [5.41, 5.74) is 0.348. The Morgan fingerprint density at radius 1 is 1.38 bits per heavy atom. The van der Waals surface area contributed by atoms with E-state index in [4.69, 9.17) is 9.26 Å². The molecule has 136 valence electrons. The van der Waals surface area contributed by atoms with Gasteiger partial charge >= 0.3 is 0 Å². The standard InChI is InChI=1S/C18H30N2O4/c1-4-23-17(22)16(12(2)3)14-9-15(19-24-14)20-10-18(11-20)7-5-13(21)6-8-18/h9,12-13,16-17,21-22H,4-8,10-11H2,1-3H3. The highest BCUT2D eigenvalue weighted by molar-refractivity contribution is 5.43. The number of rotatable bonds is 6. The van der Waals surface area contributed by atoms with E-state index in [0.717, 1.165) is 44.6 Å². The Hall–Kier alpha value is -1.11. The molecule has 1 aliphatic carbocycles. The average molecular weight is 338 g/mol. The van der Waals surface area contributed by atoms with Gasteiger partial charge < -0.3 is 24.4 Å². The minimum Gasteiger partial charge on any atom is -0.393 e. The third-order valence-electron chi connectivity index (χ3n) is 5.60. The van der Waals surface area contributed by atoms with Crippen molar-refractivity contribution in [3.63, 3.8) is 0 Å². The van der Waals surface area contributed by atoms with Gasteiger partial charge in [0, 0.05) is 31.2 Å². The zero-order valence-corrected chi connectivity index (χ0v) is 14.9. The fourth-order valence-electron chi connectivity index (χ4n) is 4.11. The Morgan fingerprint density at radius 2 is 2.04 bits per heavy atom. The molecule has 3 rings (SSSR count). The molecule has 0 radical (unpaired) electrons. The van der Waals surface area contributed by atoms with Crippen LogP contribution in [0.1, 0.15) is 58.1 Å². The van der Waals surface area contributed by atoms with E-state index in [2.05, 4.69) is 10.1 Å². The molecule has 2 unspecified atom stereocenters. The van der Waals surface area contributed by atoms with E-state index in [1.165, 1.54) is 0 Å². The monoisotopic (exact) mass is 338 g/mol. The lowest BCUT2D eigenvalue weighted by atomic mass is 9.68. The molecule has 6 nitrogen and oxygen atoms in total. The number of aliphatic hydroxyl groups excluding tert-OH is 2. The summed E-state index contributed by atoms with van der Waals surface area (Å²) >= 11 is 0. The molecule has 2 heterocycles. The van der Waals surface area contributed by atoms with E-state index in [0.29, 0.717) is 17.8 Å². The Kier molecular flexibility index (Phi) is 5.18. The van der Waals surface area contributed by atoms with Crippen molar-refractivity contribution in [2.45, 2.75) is 64.8 Å². The van der Waals surface area contributed by atoms with Crippen LogP contribution in [0.2, 0.25) is 0 Å². The molecule has 24 heavy (non-hydrogen) atoms. The summed E-state index contributed by atoms with van der Waals surface area (Å²) in [4.78, 5) is 2.23. The highest BCUT2D eigenvalue weighted by atomic mass is 16.6. The molecule has 0 aromatic carbocycles. The van der Waals surface area contributed by atoms with Gasteiger partial charge in [-0.2, -0.15) is 0 Å². The molecule has 2 aliphatic rings. The van der Waals surface area contributed by atoms with Crippen molar-refractivity contribution >= 4 is 5.82 Å². The van der Waals surface area contributed by atoms with Crippen LogP contribution in [0.5, 0.6) is 0 Å². The van der Waals surface area contributed by atoms with E-state index in [1.807, 2.05) is 26.8 Å². The van der Waals surface area contributed by atoms with Crippen LogP contribution in [0.4, 0.5) is 5.82 Å². The van der Waals surface area contributed by atoms with Gasteiger partial charge in [0.15, 0.2) is 12.1 Å². The maximum atomic E-state index is 10.2. The molecule has 0 amide bonds. The number of ether oxygens (including phenoxy) is 1. The molecule has 2 N–H and O–H groups in total. The van der Waals surface area contributed by atoms with Crippen molar-refractivity contribution < 1.29 is 19.5 Å². The lowest BCUT2D eigenvalue weighted by Gasteiger charge is -2.53. The van der Waals surface area contributed by atoms with E-state index < -0.39 is 6.29 Å². The first kappa shape index (κ1) is 17.7. The van der Waals surface area contributed by atoms with Gasteiger partial charge in [-0.25, -0.2) is 0 Å². The first-order valence-electron chi connectivity index (χ1n) is 9.13. The number of hydrogen-bond donors (Lipinski definition) is 2. The lowest BCUT2D eigenvalue weighted by molar-refractivity contribution is -0.122. The summed E-state index contributed by atoms with van der Waals surface area (Å²) in [6.45, 7) is 8.37. The van der Waals surface area contributed by atoms with Gasteiger partial charge in [0.25, 0.3) is 0 Å². The second-order valence-corrected chi connectivity index (χ2v) is 7.79. The third kappa shape index (κ3) is 3.46. The van der Waals surface area contributed by atoms with Gasteiger partial charge in [-0.15, -0.1) is 0 Å². The number of aliphatic hydroxyl groups is 2. The molecule has 1 aromatic rings. The van der Waals surface area contributed by atoms with Gasteiger partial charge in [-0.05, 0) is 38.5 Å². The van der Waals surface area contributed by atoms with Gasteiger partial charge in [0.1, 0.15) is 5.76 Å². The van der Waals surface area contributed by atoms with E-state index in [-0.39, 0.29) is 17.9 Å². The van der Waals surface area contributed by atoms with Crippen LogP contribution in [0, 0.1) is 11.3 Å². The van der Waals surface area contributed by atoms with E-state index in [9.17, 15) is 10.2 Å². The lowest BCUT2D eigenvalue weighted by Crippen LogP contribution is -2.58. The molecule has 2 atom stereocenters. The zero-order valence-electron chi connectivity index (χ0n) is 14.9. The summed E-state index contributed by atoms with van der Waals surface area (Å²) in [5, 5.41) is 24.1. The average Bonchev–Trinajstić information content (AvgIpc) is 2.95. The number of aromatic nitrogens is 1. The van der Waals surface area contributed by atoms with E-state index in [1.54, 1.807) is 0 Å². The predicted molar refractivity (Wildman–Crippen MR) is 90.8 cm³/mol. The number of anilines is 1. The molecular weight excluding hydrogens is 308 g/mol. The first-order chi connectivity index (χ1) is 11.4. The second-order valence-electron chi connectivity index (χ2n) is 7.79. The van der Waals surface area contributed by atoms with Gasteiger partial charge in [0.05, 0.1) is 12.0 Å². The largest absolute Gasteiger partial charge is 0.393 e. The molecule has 1 spiro atoms. The molecule has 1 saturated carbocycles. The molecule has 1 aromatic heterocycles. The summed E-state index contributed by atoms with van der Waals surface area (Å²) in [6, 6.07) is 1.94. The molecule has 1 saturated heterocycles. The van der Waals surface area contributed by atoms with Crippen LogP contribution in [0.25, 0.3) is 0 Å². The fraction of sp³-hybridized carbons (Fsp3) is 0.833. The summed E-state index contributed by atoms with van der Waals surface area (Å²) in [7, 11) is 0. The summed E-state index contributed by atoms with van der Waals surface area (Å²) < 4.78 is 10.9. The zero-order chi connectivity index (χ0) is 17.3. The second kappa shape index (κ2) is 7.02. The maximum Gasteiger partial charge on any atom is 0.172 e. The van der Waals surface area contributed by atoms with Crippen molar-refractivity contribution in [1.82, 2.24) is 5.16 Å². The van der Waals surface area contributed by atoms with Crippen molar-refractivity contribution in [1.29, 1.82) is 0 Å². The predicted octanol–water partition coefficient (Wildman–Crippen LogP) is 2.51. The Morgan fingerprint density at radius 3 is 2.62 bits per heavy atom. The third-order valence-corrected chi connectivity index (χ3v) is 5.60. The van der Waals surface area contributed by atoms with Gasteiger partial charge in [0.2, 0.25) is 0 Å². The van der Waals surface area contributed by atoms with Gasteiger partial charge in [-0.3, -0.25) is 0 Å². The topological polar surface area (TPSA) is 79.0 Å². The Bertz CT molecular complexity index is 529. The van der Waals surface area contributed by atoms with Crippen LogP contribution >= 0.6 is 0 Å². The van der Waals surface area contributed by atoms with Crippen LogP contribution in [0.3, 0.4) is 0 Å².